The van der Waals surface area contributed by atoms with Gasteiger partial charge in [0, 0.05) is 7.05 Å². The molecule has 1 aromatic rings. The van der Waals surface area contributed by atoms with Crippen LogP contribution in [0.4, 0.5) is 0 Å². The van der Waals surface area contributed by atoms with Crippen LogP contribution in [0.15, 0.2) is 24.3 Å². The van der Waals surface area contributed by atoms with E-state index in [4.69, 9.17) is 0 Å². The van der Waals surface area contributed by atoms with Crippen molar-refractivity contribution in [3.05, 3.63) is 35.4 Å². The molecule has 1 rings (SSSR count). The fraction of sp³-hybridized carbons (Fsp3) is 0.500. The number of likely N-dealkylation sites (N-methyl/N-ethyl adjacent to an activating group) is 1. The van der Waals surface area contributed by atoms with Crippen LogP contribution < -0.4 is 5.32 Å². The van der Waals surface area contributed by atoms with Gasteiger partial charge in [-0.3, -0.25) is 4.79 Å². The second-order valence-corrected chi connectivity index (χ2v) is 4.63. The van der Waals surface area contributed by atoms with Gasteiger partial charge in [-0.2, -0.15) is 0 Å². The lowest BCUT2D eigenvalue weighted by Gasteiger charge is -2.16. The average Bonchev–Trinajstić information content (AvgIpc) is 2.27. The van der Waals surface area contributed by atoms with Gasteiger partial charge in [0.05, 0.1) is 5.92 Å². The Hall–Kier alpha value is -1.31. The van der Waals surface area contributed by atoms with Crippen molar-refractivity contribution >= 4 is 5.91 Å². The minimum absolute atomic E-state index is 0.0695. The van der Waals surface area contributed by atoms with Crippen LogP contribution in [-0.4, -0.2) is 13.0 Å². The number of hydrogen-bond acceptors (Lipinski definition) is 1. The average molecular weight is 219 g/mol. The lowest BCUT2D eigenvalue weighted by Crippen LogP contribution is -2.24. The van der Waals surface area contributed by atoms with Crippen LogP contribution in [0.3, 0.4) is 0 Å². The molecule has 0 aliphatic rings. The molecule has 1 atom stereocenters. The van der Waals surface area contributed by atoms with Crippen molar-refractivity contribution in [1.29, 1.82) is 0 Å². The van der Waals surface area contributed by atoms with Crippen molar-refractivity contribution in [1.82, 2.24) is 5.32 Å². The first-order valence-corrected chi connectivity index (χ1v) is 5.85. The van der Waals surface area contributed by atoms with Crippen molar-refractivity contribution in [3.8, 4) is 0 Å². The Morgan fingerprint density at radius 3 is 2.44 bits per heavy atom. The zero-order valence-electron chi connectivity index (χ0n) is 10.6. The van der Waals surface area contributed by atoms with Gasteiger partial charge in [0.15, 0.2) is 0 Å². The van der Waals surface area contributed by atoms with Crippen LogP contribution in [0, 0.1) is 5.92 Å². The van der Waals surface area contributed by atoms with Crippen LogP contribution in [0.25, 0.3) is 0 Å². The van der Waals surface area contributed by atoms with Gasteiger partial charge in [0.25, 0.3) is 0 Å². The van der Waals surface area contributed by atoms with Crippen LogP contribution >= 0.6 is 0 Å². The molecule has 1 aromatic carbocycles. The van der Waals surface area contributed by atoms with Gasteiger partial charge in [0.1, 0.15) is 0 Å². The third-order valence-electron chi connectivity index (χ3n) is 2.79. The van der Waals surface area contributed by atoms with E-state index in [1.54, 1.807) is 7.05 Å². The molecular formula is C14H21NO. The summed E-state index contributed by atoms with van der Waals surface area (Å²) in [6, 6.07) is 8.21. The highest BCUT2D eigenvalue weighted by molar-refractivity contribution is 5.83. The number of carbonyl (C=O) groups is 1. The minimum Gasteiger partial charge on any atom is -0.359 e. The van der Waals surface area contributed by atoms with E-state index in [0.29, 0.717) is 5.92 Å². The Morgan fingerprint density at radius 1 is 1.25 bits per heavy atom. The molecule has 1 N–H and O–H groups in total. The number of hydrogen-bond donors (Lipinski definition) is 1. The lowest BCUT2D eigenvalue weighted by molar-refractivity contribution is -0.121. The predicted molar refractivity (Wildman–Crippen MR) is 67.5 cm³/mol. The van der Waals surface area contributed by atoms with Gasteiger partial charge in [-0.15, -0.1) is 0 Å². The molecule has 1 amide bonds. The van der Waals surface area contributed by atoms with Crippen molar-refractivity contribution in [2.45, 2.75) is 33.1 Å². The molecule has 0 radical (unpaired) electrons. The maximum atomic E-state index is 11.6. The van der Waals surface area contributed by atoms with Crippen LogP contribution in [0.2, 0.25) is 0 Å². The first-order chi connectivity index (χ1) is 7.56. The third-order valence-corrected chi connectivity index (χ3v) is 2.79. The van der Waals surface area contributed by atoms with E-state index in [-0.39, 0.29) is 11.8 Å². The van der Waals surface area contributed by atoms with Crippen LogP contribution in [0.1, 0.15) is 37.8 Å². The topological polar surface area (TPSA) is 29.1 Å². The molecule has 0 spiro atoms. The molecule has 0 saturated heterocycles. The monoisotopic (exact) mass is 219 g/mol. The van der Waals surface area contributed by atoms with E-state index >= 15 is 0 Å². The number of carbonyl (C=O) groups excluding carboxylic acids is 1. The maximum absolute atomic E-state index is 11.6. The molecule has 88 valence electrons. The first kappa shape index (κ1) is 12.8. The molecule has 0 aliphatic carbocycles. The number of rotatable bonds is 4. The summed E-state index contributed by atoms with van der Waals surface area (Å²) in [5.74, 6) is 0.620. The highest BCUT2D eigenvalue weighted by atomic mass is 16.1. The predicted octanol–water partition coefficient (Wildman–Crippen LogP) is 2.73. The summed E-state index contributed by atoms with van der Waals surface area (Å²) in [6.07, 6.45) is 1.03. The van der Waals surface area contributed by atoms with Crippen LogP contribution in [0.5, 0.6) is 0 Å². The molecule has 2 heteroatoms. The molecule has 0 aromatic heterocycles. The van der Waals surface area contributed by atoms with Crippen molar-refractivity contribution in [3.63, 3.8) is 0 Å². The van der Waals surface area contributed by atoms with Gasteiger partial charge < -0.3 is 5.32 Å². The third kappa shape index (κ3) is 3.09. The van der Waals surface area contributed by atoms with Gasteiger partial charge in [-0.05, 0) is 30.4 Å². The summed E-state index contributed by atoms with van der Waals surface area (Å²) in [6.45, 7) is 6.35. The Balaban J connectivity index is 2.98. The van der Waals surface area contributed by atoms with Crippen molar-refractivity contribution in [2.75, 3.05) is 7.05 Å². The van der Waals surface area contributed by atoms with Gasteiger partial charge >= 0.3 is 0 Å². The summed E-state index contributed by atoms with van der Waals surface area (Å²) in [5, 5.41) is 2.70. The van der Waals surface area contributed by atoms with Gasteiger partial charge in [0.2, 0.25) is 5.91 Å². The summed E-state index contributed by atoms with van der Waals surface area (Å²) in [7, 11) is 1.68. The molecule has 1 unspecified atom stereocenters. The summed E-state index contributed by atoms with van der Waals surface area (Å²) in [5.41, 5.74) is 2.43. The highest BCUT2D eigenvalue weighted by Crippen LogP contribution is 2.22. The largest absolute Gasteiger partial charge is 0.359 e. The molecule has 0 saturated carbocycles. The zero-order chi connectivity index (χ0) is 12.1. The molecule has 0 aliphatic heterocycles. The quantitative estimate of drug-likeness (QED) is 0.829. The Kier molecular flexibility index (Phi) is 4.53. The molecule has 0 bridgehead atoms. The Labute approximate surface area is 98.1 Å². The summed E-state index contributed by atoms with van der Waals surface area (Å²) < 4.78 is 0. The SMILES string of the molecule is CNC(=O)C(C)c1ccccc1CC(C)C. The molecule has 0 fully saturated rings. The van der Waals surface area contributed by atoms with E-state index < -0.39 is 0 Å². The molecular weight excluding hydrogens is 198 g/mol. The van der Waals surface area contributed by atoms with E-state index in [1.165, 1.54) is 5.56 Å². The van der Waals surface area contributed by atoms with E-state index in [2.05, 4.69) is 31.3 Å². The molecule has 16 heavy (non-hydrogen) atoms. The van der Waals surface area contributed by atoms with Crippen LogP contribution in [-0.2, 0) is 11.2 Å². The number of nitrogens with one attached hydrogen (secondary N) is 1. The summed E-state index contributed by atoms with van der Waals surface area (Å²) in [4.78, 5) is 11.6. The standard InChI is InChI=1S/C14H21NO/c1-10(2)9-12-7-5-6-8-13(12)11(3)14(16)15-4/h5-8,10-11H,9H2,1-4H3,(H,15,16). The normalized spacial score (nSPS) is 12.6. The number of benzene rings is 1. The Morgan fingerprint density at radius 2 is 1.88 bits per heavy atom. The molecule has 0 heterocycles. The molecule has 2 nitrogen and oxygen atoms in total. The first-order valence-electron chi connectivity index (χ1n) is 5.85. The zero-order valence-corrected chi connectivity index (χ0v) is 10.6. The fourth-order valence-corrected chi connectivity index (χ4v) is 1.94. The lowest BCUT2D eigenvalue weighted by atomic mass is 9.90. The van der Waals surface area contributed by atoms with E-state index in [9.17, 15) is 4.79 Å². The van der Waals surface area contributed by atoms with E-state index in [1.807, 2.05) is 19.1 Å². The Bertz CT molecular complexity index is 358. The minimum atomic E-state index is -0.0695. The maximum Gasteiger partial charge on any atom is 0.227 e. The van der Waals surface area contributed by atoms with E-state index in [0.717, 1.165) is 12.0 Å². The summed E-state index contributed by atoms with van der Waals surface area (Å²) >= 11 is 0. The second-order valence-electron chi connectivity index (χ2n) is 4.63. The smallest absolute Gasteiger partial charge is 0.227 e. The number of amides is 1. The fourth-order valence-electron chi connectivity index (χ4n) is 1.94. The highest BCUT2D eigenvalue weighted by Gasteiger charge is 2.16. The second kappa shape index (κ2) is 5.69. The van der Waals surface area contributed by atoms with Crippen molar-refractivity contribution < 1.29 is 4.79 Å². The van der Waals surface area contributed by atoms with Gasteiger partial charge in [-0.1, -0.05) is 38.1 Å². The van der Waals surface area contributed by atoms with Gasteiger partial charge in [-0.25, -0.2) is 0 Å². The van der Waals surface area contributed by atoms with Crippen molar-refractivity contribution in [2.24, 2.45) is 5.92 Å².